The molecule has 0 aliphatic rings. The average molecular weight is 300 g/mol. The first-order chi connectivity index (χ1) is 10.2. The Bertz CT molecular complexity index is 683. The van der Waals surface area contributed by atoms with Crippen molar-refractivity contribution < 1.29 is 9.90 Å². The van der Waals surface area contributed by atoms with Gasteiger partial charge in [-0.25, -0.2) is 0 Å². The molecule has 108 valence electrons. The summed E-state index contributed by atoms with van der Waals surface area (Å²) >= 11 is 1.54. The number of pyridine rings is 1. The molecule has 5 heteroatoms. The molecular formula is C16H16N2O2S. The number of carbonyl (C=O) groups excluding carboxylic acids is 1. The number of rotatable bonds is 4. The molecule has 0 fully saturated rings. The number of aryl methyl sites for hydroxylation is 1. The summed E-state index contributed by atoms with van der Waals surface area (Å²) in [7, 11) is 0. The molecule has 0 atom stereocenters. The predicted molar refractivity (Wildman–Crippen MR) is 83.0 cm³/mol. The molecule has 0 aromatic carbocycles. The molecule has 2 rings (SSSR count). The number of aromatic nitrogens is 1. The highest BCUT2D eigenvalue weighted by Gasteiger charge is 2.06. The number of aliphatic hydroxyl groups excluding tert-OH is 1. The van der Waals surface area contributed by atoms with E-state index in [0.29, 0.717) is 18.5 Å². The van der Waals surface area contributed by atoms with Gasteiger partial charge in [0, 0.05) is 23.7 Å². The molecular weight excluding hydrogens is 284 g/mol. The van der Waals surface area contributed by atoms with Gasteiger partial charge < -0.3 is 10.4 Å². The van der Waals surface area contributed by atoms with Crippen LogP contribution in [0.2, 0.25) is 0 Å². The standard InChI is InChI=1S/C16H16N2O2S/c1-12-8-13(10-17-9-12)16(20)18-11-15-6-5-14(21-15)4-2-3-7-19/h5-6,8-10,19H,3,7,11H2,1H3,(H,18,20). The second-order valence-electron chi connectivity index (χ2n) is 4.47. The lowest BCUT2D eigenvalue weighted by atomic mass is 10.2. The average Bonchev–Trinajstić information content (AvgIpc) is 2.93. The van der Waals surface area contributed by atoms with Crippen molar-refractivity contribution in [1.82, 2.24) is 10.3 Å². The van der Waals surface area contributed by atoms with Crippen LogP contribution in [0.25, 0.3) is 0 Å². The lowest BCUT2D eigenvalue weighted by molar-refractivity contribution is 0.0951. The fraction of sp³-hybridized carbons (Fsp3) is 0.250. The molecule has 21 heavy (non-hydrogen) atoms. The van der Waals surface area contributed by atoms with Gasteiger partial charge in [-0.05, 0) is 30.7 Å². The third-order valence-electron chi connectivity index (χ3n) is 2.67. The van der Waals surface area contributed by atoms with Gasteiger partial charge in [0.15, 0.2) is 0 Å². The van der Waals surface area contributed by atoms with Crippen molar-refractivity contribution in [3.63, 3.8) is 0 Å². The maximum absolute atomic E-state index is 12.0. The predicted octanol–water partition coefficient (Wildman–Crippen LogP) is 2.12. The van der Waals surface area contributed by atoms with E-state index in [2.05, 4.69) is 22.1 Å². The van der Waals surface area contributed by atoms with Crippen LogP contribution in [-0.2, 0) is 6.54 Å². The van der Waals surface area contributed by atoms with Crippen LogP contribution in [0.15, 0.2) is 30.6 Å². The molecule has 4 nitrogen and oxygen atoms in total. The Balaban J connectivity index is 1.91. The van der Waals surface area contributed by atoms with Crippen molar-refractivity contribution in [2.75, 3.05) is 6.61 Å². The highest BCUT2D eigenvalue weighted by molar-refractivity contribution is 7.12. The number of thiophene rings is 1. The summed E-state index contributed by atoms with van der Waals surface area (Å²) < 4.78 is 0. The molecule has 1 amide bonds. The molecule has 2 heterocycles. The van der Waals surface area contributed by atoms with E-state index >= 15 is 0 Å². The van der Waals surface area contributed by atoms with E-state index in [1.54, 1.807) is 12.4 Å². The fourth-order valence-electron chi connectivity index (χ4n) is 1.69. The van der Waals surface area contributed by atoms with Gasteiger partial charge in [-0.3, -0.25) is 9.78 Å². The normalized spacial score (nSPS) is 9.81. The van der Waals surface area contributed by atoms with Crippen LogP contribution in [-0.4, -0.2) is 22.6 Å². The minimum absolute atomic E-state index is 0.0752. The van der Waals surface area contributed by atoms with Crippen LogP contribution in [0, 0.1) is 18.8 Å². The van der Waals surface area contributed by atoms with E-state index in [4.69, 9.17) is 5.11 Å². The number of aliphatic hydroxyl groups is 1. The van der Waals surface area contributed by atoms with Crippen LogP contribution in [0.3, 0.4) is 0 Å². The summed E-state index contributed by atoms with van der Waals surface area (Å²) in [4.78, 5) is 18.0. The Morgan fingerprint density at radius 1 is 1.43 bits per heavy atom. The smallest absolute Gasteiger partial charge is 0.253 e. The number of nitrogens with zero attached hydrogens (tertiary/aromatic N) is 1. The Kier molecular flexibility index (Phi) is 5.50. The summed E-state index contributed by atoms with van der Waals surface area (Å²) in [6.45, 7) is 2.45. The Morgan fingerprint density at radius 3 is 3.05 bits per heavy atom. The highest BCUT2D eigenvalue weighted by Crippen LogP contribution is 2.15. The number of amides is 1. The van der Waals surface area contributed by atoms with Crippen molar-refractivity contribution in [2.45, 2.75) is 19.9 Å². The van der Waals surface area contributed by atoms with Crippen molar-refractivity contribution >= 4 is 17.2 Å². The van der Waals surface area contributed by atoms with Crippen molar-refractivity contribution in [1.29, 1.82) is 0 Å². The summed E-state index contributed by atoms with van der Waals surface area (Å²) in [6, 6.07) is 5.68. The van der Waals surface area contributed by atoms with E-state index in [0.717, 1.165) is 15.3 Å². The van der Waals surface area contributed by atoms with Crippen LogP contribution in [0.1, 0.15) is 32.1 Å². The molecule has 2 aromatic heterocycles. The zero-order chi connectivity index (χ0) is 15.1. The third kappa shape index (κ3) is 4.71. The highest BCUT2D eigenvalue weighted by atomic mass is 32.1. The van der Waals surface area contributed by atoms with Crippen LogP contribution < -0.4 is 5.32 Å². The second kappa shape index (κ2) is 7.58. The lowest BCUT2D eigenvalue weighted by Gasteiger charge is -2.03. The first-order valence-electron chi connectivity index (χ1n) is 6.57. The number of hydrogen-bond donors (Lipinski definition) is 2. The summed E-state index contributed by atoms with van der Waals surface area (Å²) in [6.07, 6.45) is 3.75. The fourth-order valence-corrected chi connectivity index (χ4v) is 2.52. The van der Waals surface area contributed by atoms with E-state index < -0.39 is 0 Å². The minimum Gasteiger partial charge on any atom is -0.395 e. The van der Waals surface area contributed by atoms with Gasteiger partial charge in [0.05, 0.1) is 23.6 Å². The largest absolute Gasteiger partial charge is 0.395 e. The van der Waals surface area contributed by atoms with Crippen LogP contribution in [0.4, 0.5) is 0 Å². The van der Waals surface area contributed by atoms with Gasteiger partial charge in [0.1, 0.15) is 0 Å². The minimum atomic E-state index is -0.132. The molecule has 0 aliphatic heterocycles. The molecule has 2 aromatic rings. The topological polar surface area (TPSA) is 62.2 Å². The van der Waals surface area contributed by atoms with Gasteiger partial charge in [-0.1, -0.05) is 11.8 Å². The van der Waals surface area contributed by atoms with Gasteiger partial charge in [-0.15, -0.1) is 11.3 Å². The molecule has 0 spiro atoms. The SMILES string of the molecule is Cc1cncc(C(=O)NCc2ccc(C#CCCO)s2)c1. The number of carbonyl (C=O) groups is 1. The van der Waals surface area contributed by atoms with Crippen LogP contribution in [0.5, 0.6) is 0 Å². The Morgan fingerprint density at radius 2 is 2.29 bits per heavy atom. The van der Waals surface area contributed by atoms with Crippen molar-refractivity contribution in [3.8, 4) is 11.8 Å². The first-order valence-corrected chi connectivity index (χ1v) is 7.39. The van der Waals surface area contributed by atoms with Crippen molar-refractivity contribution in [2.24, 2.45) is 0 Å². The zero-order valence-corrected chi connectivity index (χ0v) is 12.5. The Hall–Kier alpha value is -2.16. The summed E-state index contributed by atoms with van der Waals surface area (Å²) in [5.74, 6) is 5.72. The molecule has 0 saturated carbocycles. The van der Waals surface area contributed by atoms with Crippen molar-refractivity contribution in [3.05, 3.63) is 51.5 Å². The maximum Gasteiger partial charge on any atom is 0.253 e. The van der Waals surface area contributed by atoms with Crippen LogP contribution >= 0.6 is 11.3 Å². The third-order valence-corrected chi connectivity index (χ3v) is 3.67. The zero-order valence-electron chi connectivity index (χ0n) is 11.7. The quantitative estimate of drug-likeness (QED) is 0.850. The summed E-state index contributed by atoms with van der Waals surface area (Å²) in [5.41, 5.74) is 1.52. The second-order valence-corrected chi connectivity index (χ2v) is 5.64. The lowest BCUT2D eigenvalue weighted by Crippen LogP contribution is -2.22. The molecule has 0 saturated heterocycles. The van der Waals surface area contributed by atoms with E-state index in [9.17, 15) is 4.79 Å². The Labute approximate surface area is 127 Å². The van der Waals surface area contributed by atoms with E-state index in [1.807, 2.05) is 25.1 Å². The summed E-state index contributed by atoms with van der Waals surface area (Å²) in [5, 5.41) is 11.5. The van der Waals surface area contributed by atoms with E-state index in [1.165, 1.54) is 11.3 Å². The van der Waals surface area contributed by atoms with E-state index in [-0.39, 0.29) is 12.5 Å². The molecule has 0 unspecified atom stereocenters. The van der Waals surface area contributed by atoms with Gasteiger partial charge in [0.25, 0.3) is 5.91 Å². The molecule has 0 aliphatic carbocycles. The number of nitrogens with one attached hydrogen (secondary N) is 1. The maximum atomic E-state index is 12.0. The first kappa shape index (κ1) is 15.2. The number of hydrogen-bond acceptors (Lipinski definition) is 4. The van der Waals surface area contributed by atoms with Gasteiger partial charge in [0.2, 0.25) is 0 Å². The molecule has 2 N–H and O–H groups in total. The monoisotopic (exact) mass is 300 g/mol. The van der Waals surface area contributed by atoms with Gasteiger partial charge in [-0.2, -0.15) is 0 Å². The van der Waals surface area contributed by atoms with Gasteiger partial charge >= 0.3 is 0 Å². The molecule has 0 bridgehead atoms. The molecule has 0 radical (unpaired) electrons.